The van der Waals surface area contributed by atoms with E-state index in [1.807, 2.05) is 68.7 Å². The van der Waals surface area contributed by atoms with Crippen LogP contribution in [0.5, 0.6) is 0 Å². The predicted octanol–water partition coefficient (Wildman–Crippen LogP) is 2.66. The Morgan fingerprint density at radius 2 is 1.67 bits per heavy atom. The fourth-order valence-electron chi connectivity index (χ4n) is 1.95. The maximum Gasteiger partial charge on any atom is 0.340 e. The molecule has 0 bridgehead atoms. The van der Waals surface area contributed by atoms with Gasteiger partial charge in [0.2, 0.25) is 0 Å². The number of carbonyl (C=O) groups is 1. The minimum atomic E-state index is -0.374. The second-order valence-electron chi connectivity index (χ2n) is 5.07. The Morgan fingerprint density at radius 3 is 2.24 bits per heavy atom. The molecule has 3 N–H and O–H groups in total. The number of carbonyl (C=O) groups excluding carboxylic acids is 1. The molecule has 0 saturated heterocycles. The van der Waals surface area contributed by atoms with Crippen molar-refractivity contribution in [2.75, 3.05) is 24.4 Å². The van der Waals surface area contributed by atoms with Gasteiger partial charge in [0.25, 0.3) is 0 Å². The number of anilines is 2. The highest BCUT2D eigenvalue weighted by Gasteiger charge is 2.11. The SMILES string of the molecule is CN(C)Cc1ccc(N(N)C(=O)Nc2ccccc2)cc1. The number of para-hydroxylation sites is 1. The van der Waals surface area contributed by atoms with Crippen LogP contribution in [0.15, 0.2) is 54.6 Å². The van der Waals surface area contributed by atoms with Crippen molar-refractivity contribution in [3.8, 4) is 0 Å². The summed E-state index contributed by atoms with van der Waals surface area (Å²) in [7, 11) is 4.02. The van der Waals surface area contributed by atoms with Gasteiger partial charge in [0.15, 0.2) is 0 Å². The minimum absolute atomic E-state index is 0.374. The van der Waals surface area contributed by atoms with Crippen molar-refractivity contribution in [3.63, 3.8) is 0 Å². The molecule has 110 valence electrons. The summed E-state index contributed by atoms with van der Waals surface area (Å²) in [6.07, 6.45) is 0. The maximum absolute atomic E-state index is 12.1. The van der Waals surface area contributed by atoms with E-state index in [0.29, 0.717) is 11.4 Å². The minimum Gasteiger partial charge on any atom is -0.306 e. The number of nitrogens with two attached hydrogens (primary N) is 1. The fraction of sp³-hybridized carbons (Fsp3) is 0.188. The third-order valence-electron chi connectivity index (χ3n) is 2.96. The number of nitrogens with one attached hydrogen (secondary N) is 1. The Bertz CT molecular complexity index is 581. The largest absolute Gasteiger partial charge is 0.340 e. The zero-order valence-electron chi connectivity index (χ0n) is 12.3. The molecular formula is C16H20N4O. The Morgan fingerprint density at radius 1 is 1.05 bits per heavy atom. The summed E-state index contributed by atoms with van der Waals surface area (Å²) in [6, 6.07) is 16.4. The lowest BCUT2D eigenvalue weighted by Crippen LogP contribution is -2.40. The van der Waals surface area contributed by atoms with E-state index < -0.39 is 0 Å². The summed E-state index contributed by atoms with van der Waals surface area (Å²) in [5.74, 6) is 5.85. The molecule has 0 aliphatic rings. The van der Waals surface area contributed by atoms with Crippen LogP contribution in [-0.4, -0.2) is 25.0 Å². The third kappa shape index (κ3) is 4.30. The molecule has 2 amide bonds. The number of hydrogen-bond acceptors (Lipinski definition) is 3. The smallest absolute Gasteiger partial charge is 0.306 e. The summed E-state index contributed by atoms with van der Waals surface area (Å²) in [4.78, 5) is 14.1. The average Bonchev–Trinajstić information content (AvgIpc) is 2.47. The van der Waals surface area contributed by atoms with Gasteiger partial charge in [-0.05, 0) is 43.9 Å². The average molecular weight is 284 g/mol. The zero-order chi connectivity index (χ0) is 15.2. The normalized spacial score (nSPS) is 10.5. The first-order chi connectivity index (χ1) is 10.1. The van der Waals surface area contributed by atoms with E-state index in [0.717, 1.165) is 11.6 Å². The van der Waals surface area contributed by atoms with Crippen molar-refractivity contribution in [1.82, 2.24) is 4.90 Å². The number of benzene rings is 2. The molecule has 2 aromatic rings. The molecule has 2 aromatic carbocycles. The van der Waals surface area contributed by atoms with Crippen LogP contribution in [0.4, 0.5) is 16.2 Å². The number of nitrogens with zero attached hydrogens (tertiary/aromatic N) is 2. The molecule has 21 heavy (non-hydrogen) atoms. The molecule has 0 fully saturated rings. The number of amides is 2. The van der Waals surface area contributed by atoms with Gasteiger partial charge in [0.1, 0.15) is 0 Å². The number of hydrazine groups is 1. The molecule has 2 rings (SSSR count). The molecule has 0 atom stereocenters. The fourth-order valence-corrected chi connectivity index (χ4v) is 1.95. The number of hydrogen-bond donors (Lipinski definition) is 2. The lowest BCUT2D eigenvalue weighted by molar-refractivity contribution is 0.257. The first-order valence-corrected chi connectivity index (χ1v) is 6.71. The van der Waals surface area contributed by atoms with Crippen LogP contribution in [-0.2, 0) is 6.54 Å². The quantitative estimate of drug-likeness (QED) is 0.515. The van der Waals surface area contributed by atoms with Gasteiger partial charge in [-0.15, -0.1) is 0 Å². The first-order valence-electron chi connectivity index (χ1n) is 6.71. The molecule has 0 saturated carbocycles. The van der Waals surface area contributed by atoms with Gasteiger partial charge < -0.3 is 10.2 Å². The summed E-state index contributed by atoms with van der Waals surface area (Å²) < 4.78 is 0. The Balaban J connectivity index is 2.02. The van der Waals surface area contributed by atoms with Crippen LogP contribution in [0, 0.1) is 0 Å². The summed E-state index contributed by atoms with van der Waals surface area (Å²) in [5, 5.41) is 3.84. The van der Waals surface area contributed by atoms with Gasteiger partial charge in [-0.3, -0.25) is 0 Å². The van der Waals surface area contributed by atoms with Crippen molar-refractivity contribution in [3.05, 3.63) is 60.2 Å². The summed E-state index contributed by atoms with van der Waals surface area (Å²) in [5.41, 5.74) is 2.52. The molecule has 0 aliphatic heterocycles. The van der Waals surface area contributed by atoms with E-state index in [4.69, 9.17) is 5.84 Å². The van der Waals surface area contributed by atoms with Gasteiger partial charge in [0.05, 0.1) is 5.69 Å². The third-order valence-corrected chi connectivity index (χ3v) is 2.96. The standard InChI is InChI=1S/C16H20N4O/c1-19(2)12-13-8-10-15(11-9-13)20(17)16(21)18-14-6-4-3-5-7-14/h3-11H,12,17H2,1-2H3,(H,18,21). The van der Waals surface area contributed by atoms with E-state index in [9.17, 15) is 4.79 Å². The molecular weight excluding hydrogens is 264 g/mol. The van der Waals surface area contributed by atoms with Crippen LogP contribution in [0.3, 0.4) is 0 Å². The predicted molar refractivity (Wildman–Crippen MR) is 86.0 cm³/mol. The molecule has 0 heterocycles. The summed E-state index contributed by atoms with van der Waals surface area (Å²) in [6.45, 7) is 0.848. The lowest BCUT2D eigenvalue weighted by Gasteiger charge is -2.18. The van der Waals surface area contributed by atoms with E-state index in [1.54, 1.807) is 0 Å². The van der Waals surface area contributed by atoms with E-state index in [-0.39, 0.29) is 6.03 Å². The zero-order valence-corrected chi connectivity index (χ0v) is 12.3. The van der Waals surface area contributed by atoms with Crippen molar-refractivity contribution in [2.24, 2.45) is 5.84 Å². The van der Waals surface area contributed by atoms with Gasteiger partial charge in [-0.25, -0.2) is 15.6 Å². The topological polar surface area (TPSA) is 61.6 Å². The monoisotopic (exact) mass is 284 g/mol. The van der Waals surface area contributed by atoms with Gasteiger partial charge in [-0.1, -0.05) is 30.3 Å². The second-order valence-corrected chi connectivity index (χ2v) is 5.07. The second kappa shape index (κ2) is 6.88. The Kier molecular flexibility index (Phi) is 4.92. The molecule has 0 spiro atoms. The van der Waals surface area contributed by atoms with E-state index in [1.165, 1.54) is 5.56 Å². The maximum atomic E-state index is 12.1. The van der Waals surface area contributed by atoms with Gasteiger partial charge in [-0.2, -0.15) is 0 Å². The van der Waals surface area contributed by atoms with Gasteiger partial charge >= 0.3 is 6.03 Å². The molecule has 0 aliphatic carbocycles. The van der Waals surface area contributed by atoms with Gasteiger partial charge in [0, 0.05) is 12.2 Å². The highest BCUT2D eigenvalue weighted by molar-refractivity contribution is 6.00. The number of urea groups is 1. The molecule has 5 heteroatoms. The number of rotatable bonds is 4. The Labute approximate surface area is 124 Å². The highest BCUT2D eigenvalue weighted by Crippen LogP contribution is 2.15. The molecule has 0 aromatic heterocycles. The van der Waals surface area contributed by atoms with E-state index >= 15 is 0 Å². The van der Waals surface area contributed by atoms with Crippen LogP contribution in [0.2, 0.25) is 0 Å². The molecule has 5 nitrogen and oxygen atoms in total. The highest BCUT2D eigenvalue weighted by atomic mass is 16.2. The first kappa shape index (κ1) is 15.0. The Hall–Kier alpha value is -2.37. The van der Waals surface area contributed by atoms with Crippen molar-refractivity contribution >= 4 is 17.4 Å². The van der Waals surface area contributed by atoms with Crippen LogP contribution in [0.25, 0.3) is 0 Å². The van der Waals surface area contributed by atoms with E-state index in [2.05, 4.69) is 10.2 Å². The van der Waals surface area contributed by atoms with Crippen molar-refractivity contribution < 1.29 is 4.79 Å². The van der Waals surface area contributed by atoms with Crippen molar-refractivity contribution in [2.45, 2.75) is 6.54 Å². The van der Waals surface area contributed by atoms with Crippen LogP contribution < -0.4 is 16.2 Å². The lowest BCUT2D eigenvalue weighted by atomic mass is 10.2. The van der Waals surface area contributed by atoms with Crippen LogP contribution in [0.1, 0.15) is 5.56 Å². The summed E-state index contributed by atoms with van der Waals surface area (Å²) >= 11 is 0. The van der Waals surface area contributed by atoms with Crippen LogP contribution >= 0.6 is 0 Å². The van der Waals surface area contributed by atoms with Crippen molar-refractivity contribution in [1.29, 1.82) is 0 Å². The molecule has 0 radical (unpaired) electrons. The molecule has 0 unspecified atom stereocenters.